The zero-order valence-corrected chi connectivity index (χ0v) is 10.9. The molecule has 0 aliphatic heterocycles. The Balaban J connectivity index is 3.01. The second-order valence-corrected chi connectivity index (χ2v) is 3.96. The number of methoxy groups -OCH3 is 2. The average Bonchev–Trinajstić information content (AvgIpc) is 2.56. The van der Waals surface area contributed by atoms with Gasteiger partial charge >= 0.3 is 0 Å². The molecule has 1 atom stereocenters. The zero-order chi connectivity index (χ0) is 11.4. The summed E-state index contributed by atoms with van der Waals surface area (Å²) >= 11 is 3.45. The van der Waals surface area contributed by atoms with Crippen molar-refractivity contribution in [2.75, 3.05) is 21.3 Å². The van der Waals surface area contributed by atoms with Gasteiger partial charge in [0, 0.05) is 21.3 Å². The topological polar surface area (TPSA) is 48.3 Å². The Morgan fingerprint density at radius 3 is 2.40 bits per heavy atom. The van der Waals surface area contributed by atoms with Gasteiger partial charge in [-0.15, -0.1) is 0 Å². The quantitative estimate of drug-likeness (QED) is 0.818. The molecule has 1 N–H and O–H groups in total. The van der Waals surface area contributed by atoms with Crippen molar-refractivity contribution in [1.29, 1.82) is 0 Å². The van der Waals surface area contributed by atoms with Crippen LogP contribution in [0.2, 0.25) is 0 Å². The Morgan fingerprint density at radius 1 is 1.47 bits per heavy atom. The third-order valence-electron chi connectivity index (χ3n) is 2.28. The zero-order valence-electron chi connectivity index (χ0n) is 9.32. The molecule has 0 fully saturated rings. The maximum absolute atomic E-state index is 5.24. The molecule has 86 valence electrons. The van der Waals surface area contributed by atoms with E-state index in [2.05, 4.69) is 26.3 Å². The summed E-state index contributed by atoms with van der Waals surface area (Å²) in [5.74, 6) is 0. The van der Waals surface area contributed by atoms with Gasteiger partial charge in [0.25, 0.3) is 0 Å². The monoisotopic (exact) mass is 277 g/mol. The molecule has 0 saturated heterocycles. The molecule has 1 unspecified atom stereocenters. The van der Waals surface area contributed by atoms with Crippen LogP contribution in [0.25, 0.3) is 0 Å². The molecule has 1 rings (SSSR count). The van der Waals surface area contributed by atoms with Crippen LogP contribution in [0.1, 0.15) is 11.7 Å². The molecule has 0 bridgehead atoms. The number of nitrogens with zero attached hydrogens (tertiary/aromatic N) is 2. The van der Waals surface area contributed by atoms with Gasteiger partial charge in [0.05, 0.1) is 16.4 Å². The van der Waals surface area contributed by atoms with E-state index in [4.69, 9.17) is 9.47 Å². The largest absolute Gasteiger partial charge is 0.354 e. The number of ether oxygens (including phenoxy) is 2. The molecule has 0 radical (unpaired) electrons. The lowest BCUT2D eigenvalue weighted by molar-refractivity contribution is -0.124. The van der Waals surface area contributed by atoms with Gasteiger partial charge in [-0.05, 0) is 23.0 Å². The summed E-state index contributed by atoms with van der Waals surface area (Å²) in [5.41, 5.74) is 0.992. The van der Waals surface area contributed by atoms with Gasteiger partial charge < -0.3 is 14.8 Å². The van der Waals surface area contributed by atoms with Crippen LogP contribution in [0.15, 0.2) is 10.7 Å². The Kier molecular flexibility index (Phi) is 4.72. The standard InChI is InChI=1S/C9H16BrN3O2/c1-11-7(9(14-3)15-4)8-6(10)5-12-13(8)2/h5,7,9,11H,1-4H3. The molecule has 1 aromatic heterocycles. The number of nitrogens with one attached hydrogen (secondary N) is 1. The first kappa shape index (κ1) is 12.6. The van der Waals surface area contributed by atoms with Crippen molar-refractivity contribution in [2.45, 2.75) is 12.3 Å². The first-order chi connectivity index (χ1) is 7.15. The SMILES string of the molecule is CNC(c1c(Br)cnn1C)C(OC)OC. The molecule has 6 heteroatoms. The van der Waals surface area contributed by atoms with Crippen LogP contribution >= 0.6 is 15.9 Å². The van der Waals surface area contributed by atoms with Crippen molar-refractivity contribution < 1.29 is 9.47 Å². The number of aromatic nitrogens is 2. The lowest BCUT2D eigenvalue weighted by Crippen LogP contribution is -2.34. The maximum atomic E-state index is 5.24. The van der Waals surface area contributed by atoms with Gasteiger partial charge in [0.2, 0.25) is 0 Å². The highest BCUT2D eigenvalue weighted by molar-refractivity contribution is 9.10. The van der Waals surface area contributed by atoms with Crippen molar-refractivity contribution in [2.24, 2.45) is 7.05 Å². The van der Waals surface area contributed by atoms with E-state index in [-0.39, 0.29) is 12.3 Å². The predicted molar refractivity (Wildman–Crippen MR) is 60.5 cm³/mol. The van der Waals surface area contributed by atoms with Crippen LogP contribution in [-0.4, -0.2) is 37.3 Å². The van der Waals surface area contributed by atoms with Gasteiger partial charge in [-0.25, -0.2) is 0 Å². The maximum Gasteiger partial charge on any atom is 0.177 e. The third kappa shape index (κ3) is 2.57. The molecule has 0 aromatic carbocycles. The Morgan fingerprint density at radius 2 is 2.07 bits per heavy atom. The van der Waals surface area contributed by atoms with Crippen LogP contribution in [0.4, 0.5) is 0 Å². The number of halogens is 1. The van der Waals surface area contributed by atoms with E-state index in [0.717, 1.165) is 10.2 Å². The Labute approximate surface area is 97.9 Å². The highest BCUT2D eigenvalue weighted by Gasteiger charge is 2.26. The number of hydrogen-bond donors (Lipinski definition) is 1. The highest BCUT2D eigenvalue weighted by atomic mass is 79.9. The molecule has 0 amide bonds. The summed E-state index contributed by atoms with van der Waals surface area (Å²) in [4.78, 5) is 0. The summed E-state index contributed by atoms with van der Waals surface area (Å²) in [7, 11) is 6.97. The fraction of sp³-hybridized carbons (Fsp3) is 0.667. The minimum atomic E-state index is -0.346. The summed E-state index contributed by atoms with van der Waals surface area (Å²) < 4.78 is 13.2. The summed E-state index contributed by atoms with van der Waals surface area (Å²) in [6.07, 6.45) is 1.41. The van der Waals surface area contributed by atoms with Crippen molar-refractivity contribution >= 4 is 15.9 Å². The average molecular weight is 278 g/mol. The lowest BCUT2D eigenvalue weighted by Gasteiger charge is -2.24. The molecule has 0 spiro atoms. The minimum absolute atomic E-state index is 0.0677. The molecule has 1 heterocycles. The van der Waals surface area contributed by atoms with E-state index in [9.17, 15) is 0 Å². The van der Waals surface area contributed by atoms with Gasteiger partial charge in [0.15, 0.2) is 6.29 Å². The number of aryl methyl sites for hydroxylation is 1. The van der Waals surface area contributed by atoms with E-state index < -0.39 is 0 Å². The number of rotatable bonds is 5. The van der Waals surface area contributed by atoms with Crippen LogP contribution in [0.3, 0.4) is 0 Å². The van der Waals surface area contributed by atoms with Crippen molar-refractivity contribution in [3.05, 3.63) is 16.4 Å². The van der Waals surface area contributed by atoms with Crippen LogP contribution in [0.5, 0.6) is 0 Å². The normalized spacial score (nSPS) is 13.5. The second kappa shape index (κ2) is 5.60. The summed E-state index contributed by atoms with van der Waals surface area (Å²) in [5, 5.41) is 7.30. The summed E-state index contributed by atoms with van der Waals surface area (Å²) in [6, 6.07) is -0.0677. The summed E-state index contributed by atoms with van der Waals surface area (Å²) in [6.45, 7) is 0. The minimum Gasteiger partial charge on any atom is -0.354 e. The Bertz CT molecular complexity index is 293. The smallest absolute Gasteiger partial charge is 0.177 e. The molecule has 15 heavy (non-hydrogen) atoms. The predicted octanol–water partition coefficient (Wildman–Crippen LogP) is 1.06. The van der Waals surface area contributed by atoms with E-state index in [0.29, 0.717) is 0 Å². The van der Waals surface area contributed by atoms with Gasteiger partial charge in [-0.3, -0.25) is 4.68 Å². The fourth-order valence-corrected chi connectivity index (χ4v) is 2.13. The van der Waals surface area contributed by atoms with E-state index in [1.807, 2.05) is 14.1 Å². The van der Waals surface area contributed by atoms with Crippen LogP contribution in [-0.2, 0) is 16.5 Å². The lowest BCUT2D eigenvalue weighted by atomic mass is 10.2. The van der Waals surface area contributed by atoms with Crippen LogP contribution < -0.4 is 5.32 Å². The molecular weight excluding hydrogens is 262 g/mol. The van der Waals surface area contributed by atoms with E-state index in [1.165, 1.54) is 0 Å². The van der Waals surface area contributed by atoms with E-state index >= 15 is 0 Å². The highest BCUT2D eigenvalue weighted by Crippen LogP contribution is 2.26. The van der Waals surface area contributed by atoms with Gasteiger partial charge in [0.1, 0.15) is 6.04 Å². The third-order valence-corrected chi connectivity index (χ3v) is 2.89. The Hall–Kier alpha value is -0.430. The molecule has 0 aliphatic rings. The molecule has 5 nitrogen and oxygen atoms in total. The first-order valence-electron chi connectivity index (χ1n) is 4.56. The van der Waals surface area contributed by atoms with Gasteiger partial charge in [-0.1, -0.05) is 0 Å². The van der Waals surface area contributed by atoms with Crippen molar-refractivity contribution in [3.8, 4) is 0 Å². The molecule has 1 aromatic rings. The molecular formula is C9H16BrN3O2. The van der Waals surface area contributed by atoms with Gasteiger partial charge in [-0.2, -0.15) is 5.10 Å². The van der Waals surface area contributed by atoms with Crippen LogP contribution in [0, 0.1) is 0 Å². The number of hydrogen-bond acceptors (Lipinski definition) is 4. The number of likely N-dealkylation sites (N-methyl/N-ethyl adjacent to an activating group) is 1. The second-order valence-electron chi connectivity index (χ2n) is 3.11. The molecule has 0 aliphatic carbocycles. The van der Waals surface area contributed by atoms with E-state index in [1.54, 1.807) is 25.1 Å². The fourth-order valence-electron chi connectivity index (χ4n) is 1.54. The van der Waals surface area contributed by atoms with Crippen molar-refractivity contribution in [1.82, 2.24) is 15.1 Å². The van der Waals surface area contributed by atoms with Crippen molar-refractivity contribution in [3.63, 3.8) is 0 Å². The first-order valence-corrected chi connectivity index (χ1v) is 5.35. The molecule has 0 saturated carbocycles.